The smallest absolute Gasteiger partial charge is 0.126 e. The third kappa shape index (κ3) is 2.60. The van der Waals surface area contributed by atoms with E-state index in [9.17, 15) is 8.78 Å². The molecule has 2 unspecified atom stereocenters. The summed E-state index contributed by atoms with van der Waals surface area (Å²) in [6.07, 6.45) is 4.16. The molecule has 1 fully saturated rings. The summed E-state index contributed by atoms with van der Waals surface area (Å²) >= 11 is 0. The molecule has 0 heterocycles. The number of rotatable bonds is 6. The molecular weight excluding hydrogens is 256 g/mol. The van der Waals surface area contributed by atoms with Crippen LogP contribution in [0.5, 0.6) is 0 Å². The number of hydrogen-bond donors (Lipinski definition) is 1. The third-order valence-corrected chi connectivity index (χ3v) is 5.10. The van der Waals surface area contributed by atoms with Crippen LogP contribution in [0, 0.1) is 17.0 Å². The molecule has 1 aliphatic rings. The summed E-state index contributed by atoms with van der Waals surface area (Å²) in [4.78, 5) is 0. The first-order valence-corrected chi connectivity index (χ1v) is 7.76. The van der Waals surface area contributed by atoms with Crippen molar-refractivity contribution in [2.75, 3.05) is 6.54 Å². The van der Waals surface area contributed by atoms with Gasteiger partial charge in [0.05, 0.1) is 0 Å². The van der Waals surface area contributed by atoms with E-state index in [1.807, 2.05) is 0 Å². The Morgan fingerprint density at radius 3 is 2.20 bits per heavy atom. The van der Waals surface area contributed by atoms with Gasteiger partial charge in [0.1, 0.15) is 11.6 Å². The molecule has 0 spiro atoms. The van der Waals surface area contributed by atoms with Crippen molar-refractivity contribution in [3.05, 3.63) is 35.4 Å². The van der Waals surface area contributed by atoms with Gasteiger partial charge in [-0.05, 0) is 61.3 Å². The van der Waals surface area contributed by atoms with Crippen molar-refractivity contribution in [1.82, 2.24) is 5.32 Å². The van der Waals surface area contributed by atoms with E-state index >= 15 is 0 Å². The number of halogens is 2. The minimum Gasteiger partial charge on any atom is -0.313 e. The molecule has 20 heavy (non-hydrogen) atoms. The molecule has 1 aliphatic carbocycles. The normalized spacial score (nSPS) is 24.4. The van der Waals surface area contributed by atoms with Crippen molar-refractivity contribution in [1.29, 1.82) is 0 Å². The summed E-state index contributed by atoms with van der Waals surface area (Å²) < 4.78 is 26.9. The summed E-state index contributed by atoms with van der Waals surface area (Å²) in [5.74, 6) is -0.672. The van der Waals surface area contributed by atoms with Crippen LogP contribution in [0.1, 0.15) is 57.9 Å². The van der Waals surface area contributed by atoms with E-state index in [0.29, 0.717) is 6.04 Å². The van der Waals surface area contributed by atoms with E-state index in [0.717, 1.165) is 43.9 Å². The van der Waals surface area contributed by atoms with Crippen LogP contribution in [0.25, 0.3) is 0 Å². The SMILES string of the molecule is CCCNC1CC(c2cc(F)cc(F)c2)C1(CC)CC. The van der Waals surface area contributed by atoms with Gasteiger partial charge in [-0.3, -0.25) is 0 Å². The van der Waals surface area contributed by atoms with Crippen LogP contribution in [0.15, 0.2) is 18.2 Å². The zero-order valence-corrected chi connectivity index (χ0v) is 12.7. The van der Waals surface area contributed by atoms with Gasteiger partial charge in [-0.1, -0.05) is 20.8 Å². The lowest BCUT2D eigenvalue weighted by Crippen LogP contribution is -2.58. The molecule has 0 saturated heterocycles. The molecule has 0 aliphatic heterocycles. The molecule has 2 atom stereocenters. The molecule has 0 bridgehead atoms. The predicted molar refractivity (Wildman–Crippen MR) is 78.8 cm³/mol. The maximum atomic E-state index is 13.5. The highest BCUT2D eigenvalue weighted by atomic mass is 19.1. The van der Waals surface area contributed by atoms with Gasteiger partial charge in [-0.2, -0.15) is 0 Å². The molecular formula is C17H25F2N. The first-order chi connectivity index (χ1) is 9.57. The first-order valence-electron chi connectivity index (χ1n) is 7.76. The summed E-state index contributed by atoms with van der Waals surface area (Å²) in [6, 6.07) is 4.43. The topological polar surface area (TPSA) is 12.0 Å². The van der Waals surface area contributed by atoms with Crippen LogP contribution < -0.4 is 5.32 Å². The largest absolute Gasteiger partial charge is 0.313 e. The Kier molecular flexibility index (Phi) is 4.79. The molecule has 0 aromatic heterocycles. The van der Waals surface area contributed by atoms with Crippen molar-refractivity contribution in [3.8, 4) is 0 Å². The van der Waals surface area contributed by atoms with Crippen LogP contribution in [0.2, 0.25) is 0 Å². The highest BCUT2D eigenvalue weighted by Gasteiger charge is 2.52. The molecule has 2 rings (SSSR count). The fourth-order valence-corrected chi connectivity index (χ4v) is 3.87. The zero-order valence-electron chi connectivity index (χ0n) is 12.7. The van der Waals surface area contributed by atoms with Crippen molar-refractivity contribution < 1.29 is 8.78 Å². The van der Waals surface area contributed by atoms with Gasteiger partial charge in [0, 0.05) is 12.1 Å². The minimum absolute atomic E-state index is 0.134. The Hall–Kier alpha value is -0.960. The van der Waals surface area contributed by atoms with Gasteiger partial charge >= 0.3 is 0 Å². The molecule has 1 saturated carbocycles. The number of benzene rings is 1. The average Bonchev–Trinajstić information content (AvgIpc) is 2.38. The Balaban J connectivity index is 2.24. The molecule has 1 nitrogen and oxygen atoms in total. The van der Waals surface area contributed by atoms with Gasteiger partial charge < -0.3 is 5.32 Å². The van der Waals surface area contributed by atoms with Crippen LogP contribution in [-0.2, 0) is 0 Å². The third-order valence-electron chi connectivity index (χ3n) is 5.10. The van der Waals surface area contributed by atoms with Gasteiger partial charge in [-0.25, -0.2) is 8.78 Å². The lowest BCUT2D eigenvalue weighted by molar-refractivity contribution is 0.0199. The van der Waals surface area contributed by atoms with Crippen LogP contribution in [-0.4, -0.2) is 12.6 Å². The van der Waals surface area contributed by atoms with Crippen LogP contribution >= 0.6 is 0 Å². The van der Waals surface area contributed by atoms with Gasteiger partial charge in [-0.15, -0.1) is 0 Å². The van der Waals surface area contributed by atoms with E-state index in [2.05, 4.69) is 26.1 Å². The molecule has 1 aromatic carbocycles. The average molecular weight is 281 g/mol. The monoisotopic (exact) mass is 281 g/mol. The van der Waals surface area contributed by atoms with Crippen LogP contribution in [0.4, 0.5) is 8.78 Å². The van der Waals surface area contributed by atoms with Gasteiger partial charge in [0.2, 0.25) is 0 Å². The Morgan fingerprint density at radius 2 is 1.70 bits per heavy atom. The van der Waals surface area contributed by atoms with Crippen LogP contribution in [0.3, 0.4) is 0 Å². The Bertz CT molecular complexity index is 434. The summed E-state index contributed by atoms with van der Waals surface area (Å²) in [7, 11) is 0. The fourth-order valence-electron chi connectivity index (χ4n) is 3.87. The van der Waals surface area contributed by atoms with Crippen molar-refractivity contribution in [2.24, 2.45) is 5.41 Å². The van der Waals surface area contributed by atoms with E-state index in [4.69, 9.17) is 0 Å². The van der Waals surface area contributed by atoms with E-state index in [-0.39, 0.29) is 11.3 Å². The van der Waals surface area contributed by atoms with E-state index < -0.39 is 11.6 Å². The molecule has 3 heteroatoms. The summed E-state index contributed by atoms with van der Waals surface area (Å²) in [5.41, 5.74) is 0.954. The second kappa shape index (κ2) is 6.21. The Labute approximate surface area is 120 Å². The minimum atomic E-state index is -0.467. The number of hydrogen-bond acceptors (Lipinski definition) is 1. The quantitative estimate of drug-likeness (QED) is 0.802. The summed E-state index contributed by atoms with van der Waals surface area (Å²) in [5, 5.41) is 3.60. The maximum absolute atomic E-state index is 13.5. The number of nitrogens with one attached hydrogen (secondary N) is 1. The van der Waals surface area contributed by atoms with Crippen molar-refractivity contribution >= 4 is 0 Å². The van der Waals surface area contributed by atoms with Crippen molar-refractivity contribution in [2.45, 2.75) is 58.4 Å². The molecule has 1 aromatic rings. The van der Waals surface area contributed by atoms with E-state index in [1.165, 1.54) is 12.1 Å². The van der Waals surface area contributed by atoms with Gasteiger partial charge in [0.15, 0.2) is 0 Å². The second-order valence-electron chi connectivity index (χ2n) is 5.94. The molecule has 0 amide bonds. The molecule has 0 radical (unpaired) electrons. The lowest BCUT2D eigenvalue weighted by atomic mass is 9.51. The first kappa shape index (κ1) is 15.4. The van der Waals surface area contributed by atoms with Gasteiger partial charge in [0.25, 0.3) is 0 Å². The standard InChI is InChI=1S/C17H25F2N/c1-4-7-20-16-11-15(17(16,5-2)6-3)12-8-13(18)10-14(19)9-12/h8-10,15-16,20H,4-7,11H2,1-3H3. The van der Waals surface area contributed by atoms with Crippen molar-refractivity contribution in [3.63, 3.8) is 0 Å². The fraction of sp³-hybridized carbons (Fsp3) is 0.647. The highest BCUT2D eigenvalue weighted by molar-refractivity contribution is 5.29. The summed E-state index contributed by atoms with van der Waals surface area (Å²) in [6.45, 7) is 7.54. The molecule has 1 N–H and O–H groups in total. The lowest BCUT2D eigenvalue weighted by Gasteiger charge is -2.57. The maximum Gasteiger partial charge on any atom is 0.126 e. The molecule has 112 valence electrons. The Morgan fingerprint density at radius 1 is 1.10 bits per heavy atom. The van der Waals surface area contributed by atoms with E-state index in [1.54, 1.807) is 0 Å². The highest BCUT2D eigenvalue weighted by Crippen LogP contribution is 2.57. The zero-order chi connectivity index (χ0) is 14.8. The predicted octanol–water partition coefficient (Wildman–Crippen LogP) is 4.63. The second-order valence-corrected chi connectivity index (χ2v) is 5.94.